The van der Waals surface area contributed by atoms with Gasteiger partial charge >= 0.3 is 0 Å². The number of nitrogens with one attached hydrogen (secondary N) is 1. The lowest BCUT2D eigenvalue weighted by Crippen LogP contribution is -2.43. The number of hydrogen-bond acceptors (Lipinski definition) is 2. The van der Waals surface area contributed by atoms with Gasteiger partial charge in [-0.05, 0) is 58.0 Å². The summed E-state index contributed by atoms with van der Waals surface area (Å²) < 4.78 is 0. The molecule has 2 aliphatic carbocycles. The molecular weight excluding hydrogens is 196 g/mol. The fraction of sp³-hybridized carbons (Fsp3) is 1.00. The van der Waals surface area contributed by atoms with Crippen molar-refractivity contribution >= 4 is 0 Å². The minimum absolute atomic E-state index is 0.576. The molecule has 2 saturated carbocycles. The summed E-state index contributed by atoms with van der Waals surface area (Å²) in [6.45, 7) is 4.87. The molecule has 2 aliphatic rings. The molecule has 0 radical (unpaired) electrons. The summed E-state index contributed by atoms with van der Waals surface area (Å²) in [6, 6.07) is 0.750. The first-order valence-electron chi connectivity index (χ1n) is 6.99. The Kier molecular flexibility index (Phi) is 3.91. The van der Waals surface area contributed by atoms with E-state index in [0.717, 1.165) is 12.0 Å². The molecule has 0 aromatic rings. The molecule has 2 heteroatoms. The highest BCUT2D eigenvalue weighted by Crippen LogP contribution is 2.39. The largest absolute Gasteiger partial charge is 0.313 e. The third-order valence-electron chi connectivity index (χ3n) is 4.44. The number of nitrogens with zero attached hydrogens (tertiary/aromatic N) is 1. The fourth-order valence-electron chi connectivity index (χ4n) is 3.33. The Hall–Kier alpha value is -0.0800. The molecule has 16 heavy (non-hydrogen) atoms. The molecule has 1 N–H and O–H groups in total. The predicted octanol–water partition coefficient (Wildman–Crippen LogP) is 2.50. The molecule has 0 aromatic carbocycles. The first-order chi connectivity index (χ1) is 7.61. The highest BCUT2D eigenvalue weighted by atomic mass is 15.1. The monoisotopic (exact) mass is 224 g/mol. The zero-order valence-corrected chi connectivity index (χ0v) is 11.3. The van der Waals surface area contributed by atoms with Crippen molar-refractivity contribution in [3.63, 3.8) is 0 Å². The van der Waals surface area contributed by atoms with E-state index in [0.29, 0.717) is 5.41 Å². The fourth-order valence-corrected chi connectivity index (χ4v) is 3.33. The molecule has 0 aliphatic heterocycles. The Morgan fingerprint density at radius 1 is 1.25 bits per heavy atom. The maximum absolute atomic E-state index is 3.81. The van der Waals surface area contributed by atoms with E-state index in [1.807, 2.05) is 0 Å². The van der Waals surface area contributed by atoms with E-state index in [-0.39, 0.29) is 0 Å². The van der Waals surface area contributed by atoms with Crippen molar-refractivity contribution < 1.29 is 0 Å². The second-order valence-corrected chi connectivity index (χ2v) is 6.45. The van der Waals surface area contributed by atoms with Crippen LogP contribution in [0.5, 0.6) is 0 Å². The average molecular weight is 224 g/mol. The molecule has 0 bridgehead atoms. The zero-order chi connectivity index (χ0) is 11.6. The minimum Gasteiger partial charge on any atom is -0.313 e. The first kappa shape index (κ1) is 12.4. The summed E-state index contributed by atoms with van der Waals surface area (Å²) in [5.74, 6) is 0.984. The highest BCUT2D eigenvalue weighted by molar-refractivity contribution is 4.91. The molecule has 0 aromatic heterocycles. The molecule has 2 fully saturated rings. The van der Waals surface area contributed by atoms with Gasteiger partial charge in [-0.15, -0.1) is 0 Å². The number of rotatable bonds is 6. The van der Waals surface area contributed by atoms with Gasteiger partial charge < -0.3 is 10.2 Å². The van der Waals surface area contributed by atoms with Crippen LogP contribution in [-0.2, 0) is 0 Å². The minimum atomic E-state index is 0.576. The summed E-state index contributed by atoms with van der Waals surface area (Å²) in [5, 5.41) is 3.81. The van der Waals surface area contributed by atoms with E-state index >= 15 is 0 Å². The van der Waals surface area contributed by atoms with Crippen LogP contribution in [0.25, 0.3) is 0 Å². The van der Waals surface area contributed by atoms with E-state index < -0.39 is 0 Å². The van der Waals surface area contributed by atoms with Crippen molar-refractivity contribution in [3.8, 4) is 0 Å². The SMILES string of the molecule is CC(NCC1(CN(C)C)CCCC1)C1CC1. The van der Waals surface area contributed by atoms with Gasteiger partial charge in [-0.3, -0.25) is 0 Å². The molecule has 94 valence electrons. The molecule has 2 nitrogen and oxygen atoms in total. The van der Waals surface area contributed by atoms with Crippen LogP contribution in [0.4, 0.5) is 0 Å². The highest BCUT2D eigenvalue weighted by Gasteiger charge is 2.36. The second kappa shape index (κ2) is 5.05. The van der Waals surface area contributed by atoms with Crippen LogP contribution in [0.1, 0.15) is 45.4 Å². The normalized spacial score (nSPS) is 26.2. The summed E-state index contributed by atoms with van der Waals surface area (Å²) in [6.07, 6.45) is 8.63. The Morgan fingerprint density at radius 2 is 1.88 bits per heavy atom. The van der Waals surface area contributed by atoms with Crippen molar-refractivity contribution in [3.05, 3.63) is 0 Å². The summed E-state index contributed by atoms with van der Waals surface area (Å²) >= 11 is 0. The van der Waals surface area contributed by atoms with Crippen LogP contribution in [-0.4, -0.2) is 38.1 Å². The van der Waals surface area contributed by atoms with Crippen molar-refractivity contribution in [2.45, 2.75) is 51.5 Å². The van der Waals surface area contributed by atoms with Gasteiger partial charge in [0.05, 0.1) is 0 Å². The van der Waals surface area contributed by atoms with Crippen LogP contribution in [0, 0.1) is 11.3 Å². The van der Waals surface area contributed by atoms with Gasteiger partial charge in [0, 0.05) is 19.1 Å². The summed E-state index contributed by atoms with van der Waals surface area (Å²) in [4.78, 5) is 2.37. The maximum atomic E-state index is 3.81. The van der Waals surface area contributed by atoms with Crippen molar-refractivity contribution in [2.75, 3.05) is 27.2 Å². The van der Waals surface area contributed by atoms with Crippen LogP contribution in [0.3, 0.4) is 0 Å². The predicted molar refractivity (Wildman–Crippen MR) is 69.6 cm³/mol. The molecular formula is C14H28N2. The van der Waals surface area contributed by atoms with Crippen molar-refractivity contribution in [1.29, 1.82) is 0 Å². The molecule has 0 spiro atoms. The van der Waals surface area contributed by atoms with Crippen LogP contribution >= 0.6 is 0 Å². The molecule has 1 atom stereocenters. The smallest absolute Gasteiger partial charge is 0.00672 e. The Balaban J connectivity index is 1.81. The summed E-state index contributed by atoms with van der Waals surface area (Å²) in [7, 11) is 4.43. The molecule has 2 rings (SSSR count). The van der Waals surface area contributed by atoms with E-state index in [1.165, 1.54) is 51.6 Å². The molecule has 0 saturated heterocycles. The topological polar surface area (TPSA) is 15.3 Å². The Morgan fingerprint density at radius 3 is 2.38 bits per heavy atom. The van der Waals surface area contributed by atoms with Gasteiger partial charge in [0.2, 0.25) is 0 Å². The van der Waals surface area contributed by atoms with Gasteiger partial charge in [-0.1, -0.05) is 12.8 Å². The van der Waals surface area contributed by atoms with Crippen molar-refractivity contribution in [2.24, 2.45) is 11.3 Å². The van der Waals surface area contributed by atoms with Crippen LogP contribution < -0.4 is 5.32 Å². The Labute approximate surface area is 101 Å². The zero-order valence-electron chi connectivity index (χ0n) is 11.3. The van der Waals surface area contributed by atoms with E-state index in [4.69, 9.17) is 0 Å². The quantitative estimate of drug-likeness (QED) is 0.746. The van der Waals surface area contributed by atoms with Crippen LogP contribution in [0.15, 0.2) is 0 Å². The van der Waals surface area contributed by atoms with E-state index in [9.17, 15) is 0 Å². The van der Waals surface area contributed by atoms with E-state index in [1.54, 1.807) is 0 Å². The van der Waals surface area contributed by atoms with Gasteiger partial charge in [0.1, 0.15) is 0 Å². The van der Waals surface area contributed by atoms with Gasteiger partial charge in [0.25, 0.3) is 0 Å². The first-order valence-corrected chi connectivity index (χ1v) is 6.99. The van der Waals surface area contributed by atoms with Gasteiger partial charge in [-0.2, -0.15) is 0 Å². The lowest BCUT2D eigenvalue weighted by atomic mass is 9.85. The lowest BCUT2D eigenvalue weighted by Gasteiger charge is -2.33. The summed E-state index contributed by atoms with van der Waals surface area (Å²) in [5.41, 5.74) is 0.576. The average Bonchev–Trinajstić information content (AvgIpc) is 2.97. The molecule has 0 amide bonds. The van der Waals surface area contributed by atoms with Gasteiger partial charge in [-0.25, -0.2) is 0 Å². The maximum Gasteiger partial charge on any atom is 0.00672 e. The third-order valence-corrected chi connectivity index (χ3v) is 4.44. The van der Waals surface area contributed by atoms with E-state index in [2.05, 4.69) is 31.2 Å². The standard InChI is InChI=1S/C14H28N2/c1-12(13-6-7-13)15-10-14(11-16(2)3)8-4-5-9-14/h12-13,15H,4-11H2,1-3H3. The second-order valence-electron chi connectivity index (χ2n) is 6.45. The van der Waals surface area contributed by atoms with Crippen molar-refractivity contribution in [1.82, 2.24) is 10.2 Å². The van der Waals surface area contributed by atoms with Crippen LogP contribution in [0.2, 0.25) is 0 Å². The van der Waals surface area contributed by atoms with Gasteiger partial charge in [0.15, 0.2) is 0 Å². The Bertz CT molecular complexity index is 215. The third kappa shape index (κ3) is 3.21. The molecule has 0 heterocycles. The number of hydrogen-bond donors (Lipinski definition) is 1. The molecule has 1 unspecified atom stereocenters. The lowest BCUT2D eigenvalue weighted by molar-refractivity contribution is 0.187.